The van der Waals surface area contributed by atoms with Crippen LogP contribution in [-0.2, 0) is 6.18 Å². The Morgan fingerprint density at radius 3 is 2.38 bits per heavy atom. The van der Waals surface area contributed by atoms with Crippen molar-refractivity contribution in [2.45, 2.75) is 38.0 Å². The number of aromatic nitrogens is 1. The number of carbonyl (C=O) groups is 1. The molecule has 8 heteroatoms. The van der Waals surface area contributed by atoms with Crippen LogP contribution in [-0.4, -0.2) is 41.0 Å². The summed E-state index contributed by atoms with van der Waals surface area (Å²) in [7, 11) is 0. The monoisotopic (exact) mass is 405 g/mol. The van der Waals surface area contributed by atoms with Crippen LogP contribution in [0.15, 0.2) is 42.6 Å². The van der Waals surface area contributed by atoms with Gasteiger partial charge in [0.15, 0.2) is 0 Å². The molecule has 2 bridgehead atoms. The first-order valence-electron chi connectivity index (χ1n) is 9.67. The van der Waals surface area contributed by atoms with Crippen LogP contribution in [0.1, 0.15) is 35.7 Å². The molecule has 0 radical (unpaired) electrons. The largest absolute Gasteiger partial charge is 0.439 e. The number of carbonyl (C=O) groups excluding carboxylic acids is 1. The average molecular weight is 405 g/mol. The predicted molar refractivity (Wildman–Crippen MR) is 101 cm³/mol. The van der Waals surface area contributed by atoms with Gasteiger partial charge in [0.2, 0.25) is 5.88 Å². The van der Waals surface area contributed by atoms with Crippen molar-refractivity contribution < 1.29 is 22.7 Å². The number of halogens is 3. The van der Waals surface area contributed by atoms with Gasteiger partial charge < -0.3 is 10.1 Å². The van der Waals surface area contributed by atoms with E-state index in [0.717, 1.165) is 44.3 Å². The number of ether oxygens (including phenoxy) is 1. The SMILES string of the molecule is CC1C(NC(=O)c2ccc(Oc3ccc(C(F)(F)F)cn3)cc2)C2CCN1CC2. The van der Waals surface area contributed by atoms with Gasteiger partial charge in [-0.3, -0.25) is 9.69 Å². The molecule has 154 valence electrons. The molecular formula is C21H22F3N3O2. The van der Waals surface area contributed by atoms with Gasteiger partial charge in [0.05, 0.1) is 5.56 Å². The number of nitrogens with one attached hydrogen (secondary N) is 1. The lowest BCUT2D eigenvalue weighted by Gasteiger charge is -2.49. The molecule has 2 aromatic rings. The topological polar surface area (TPSA) is 54.5 Å². The molecule has 3 saturated heterocycles. The Morgan fingerprint density at radius 2 is 1.83 bits per heavy atom. The maximum absolute atomic E-state index is 12.6. The van der Waals surface area contributed by atoms with Gasteiger partial charge in [-0.1, -0.05) is 0 Å². The summed E-state index contributed by atoms with van der Waals surface area (Å²) in [5.74, 6) is 0.837. The normalized spacial score (nSPS) is 26.2. The third kappa shape index (κ3) is 4.22. The standard InChI is InChI=1S/C21H22F3N3O2/c1-13-19(14-8-10-27(13)11-9-14)26-20(28)15-2-5-17(6-3-15)29-18-7-4-16(12-25-18)21(22,23)24/h2-7,12-14,19H,8-11H2,1H3,(H,26,28). The Hall–Kier alpha value is -2.61. The minimum atomic E-state index is -4.44. The molecule has 0 saturated carbocycles. The number of amides is 1. The van der Waals surface area contributed by atoms with E-state index in [4.69, 9.17) is 4.74 Å². The van der Waals surface area contributed by atoms with Crippen LogP contribution in [0.4, 0.5) is 13.2 Å². The number of benzene rings is 1. The molecule has 4 heterocycles. The summed E-state index contributed by atoms with van der Waals surface area (Å²) in [6, 6.07) is 9.05. The van der Waals surface area contributed by atoms with Crippen molar-refractivity contribution in [2.24, 2.45) is 5.92 Å². The summed E-state index contributed by atoms with van der Waals surface area (Å²) in [6.45, 7) is 4.36. The van der Waals surface area contributed by atoms with Gasteiger partial charge in [0.1, 0.15) is 5.75 Å². The number of fused-ring (bicyclic) bond motifs is 3. The lowest BCUT2D eigenvalue weighted by atomic mass is 9.79. The molecule has 29 heavy (non-hydrogen) atoms. The third-order valence-electron chi connectivity index (χ3n) is 5.88. The zero-order chi connectivity index (χ0) is 20.6. The Kier molecular flexibility index (Phi) is 5.21. The predicted octanol–water partition coefficient (Wildman–Crippen LogP) is 4.11. The first kappa shape index (κ1) is 19.7. The fourth-order valence-corrected chi connectivity index (χ4v) is 4.18. The summed E-state index contributed by atoms with van der Waals surface area (Å²) in [5.41, 5.74) is -0.319. The molecule has 5 nitrogen and oxygen atoms in total. The van der Waals surface area contributed by atoms with Crippen LogP contribution in [0.2, 0.25) is 0 Å². The highest BCUT2D eigenvalue weighted by Crippen LogP contribution is 2.32. The highest BCUT2D eigenvalue weighted by atomic mass is 19.4. The van der Waals surface area contributed by atoms with Crippen molar-refractivity contribution in [1.29, 1.82) is 0 Å². The van der Waals surface area contributed by atoms with Crippen LogP contribution >= 0.6 is 0 Å². The third-order valence-corrected chi connectivity index (χ3v) is 5.88. The van der Waals surface area contributed by atoms with Crippen LogP contribution in [0.25, 0.3) is 0 Å². The van der Waals surface area contributed by atoms with Crippen molar-refractivity contribution in [2.75, 3.05) is 13.1 Å². The first-order valence-corrected chi connectivity index (χ1v) is 9.67. The van der Waals surface area contributed by atoms with Gasteiger partial charge in [-0.15, -0.1) is 0 Å². The van der Waals surface area contributed by atoms with Crippen molar-refractivity contribution in [3.8, 4) is 11.6 Å². The van der Waals surface area contributed by atoms with Crippen molar-refractivity contribution in [1.82, 2.24) is 15.2 Å². The van der Waals surface area contributed by atoms with E-state index in [1.54, 1.807) is 24.3 Å². The lowest BCUT2D eigenvalue weighted by molar-refractivity contribution is -0.137. The molecular weight excluding hydrogens is 383 g/mol. The summed E-state index contributed by atoms with van der Waals surface area (Å²) < 4.78 is 43.2. The Bertz CT molecular complexity index is 858. The fraction of sp³-hybridized carbons (Fsp3) is 0.429. The van der Waals surface area contributed by atoms with E-state index in [1.165, 1.54) is 0 Å². The summed E-state index contributed by atoms with van der Waals surface area (Å²) in [6.07, 6.45) is -1.48. The van der Waals surface area contributed by atoms with Crippen LogP contribution < -0.4 is 10.1 Å². The molecule has 1 aromatic carbocycles. The molecule has 1 aromatic heterocycles. The molecule has 1 amide bonds. The summed E-state index contributed by atoms with van der Waals surface area (Å²) in [4.78, 5) is 18.7. The van der Waals surface area contributed by atoms with Crippen LogP contribution in [0.5, 0.6) is 11.6 Å². The van der Waals surface area contributed by atoms with Crippen molar-refractivity contribution in [3.05, 3.63) is 53.7 Å². The highest BCUT2D eigenvalue weighted by Gasteiger charge is 2.40. The minimum Gasteiger partial charge on any atom is -0.439 e. The molecule has 0 aliphatic carbocycles. The number of hydrogen-bond donors (Lipinski definition) is 1. The van der Waals surface area contributed by atoms with Gasteiger partial charge >= 0.3 is 6.18 Å². The van der Waals surface area contributed by atoms with Crippen LogP contribution in [0, 0.1) is 5.92 Å². The highest BCUT2D eigenvalue weighted by molar-refractivity contribution is 5.94. The van der Waals surface area contributed by atoms with Gasteiger partial charge in [-0.25, -0.2) is 4.98 Å². The molecule has 2 unspecified atom stereocenters. The molecule has 3 aliphatic rings. The second-order valence-electron chi connectivity index (χ2n) is 7.62. The van der Waals surface area contributed by atoms with E-state index < -0.39 is 11.7 Å². The minimum absolute atomic E-state index is 0.0521. The fourth-order valence-electron chi connectivity index (χ4n) is 4.18. The Morgan fingerprint density at radius 1 is 1.14 bits per heavy atom. The van der Waals surface area contributed by atoms with Crippen molar-refractivity contribution in [3.63, 3.8) is 0 Å². The maximum atomic E-state index is 12.6. The molecule has 2 atom stereocenters. The van der Waals surface area contributed by atoms with Gasteiger partial charge in [-0.05, 0) is 69.1 Å². The lowest BCUT2D eigenvalue weighted by Crippen LogP contribution is -2.62. The van der Waals surface area contributed by atoms with E-state index in [0.29, 0.717) is 23.3 Å². The Balaban J connectivity index is 1.38. The van der Waals surface area contributed by atoms with Crippen LogP contribution in [0.3, 0.4) is 0 Å². The van der Waals surface area contributed by atoms with E-state index in [2.05, 4.69) is 22.1 Å². The summed E-state index contributed by atoms with van der Waals surface area (Å²) >= 11 is 0. The summed E-state index contributed by atoms with van der Waals surface area (Å²) in [5, 5.41) is 3.17. The number of hydrogen-bond acceptors (Lipinski definition) is 4. The number of piperidine rings is 3. The van der Waals surface area contributed by atoms with Gasteiger partial charge in [-0.2, -0.15) is 13.2 Å². The second-order valence-corrected chi connectivity index (χ2v) is 7.62. The zero-order valence-corrected chi connectivity index (χ0v) is 15.9. The maximum Gasteiger partial charge on any atom is 0.417 e. The first-order chi connectivity index (χ1) is 13.8. The number of rotatable bonds is 4. The molecule has 0 spiro atoms. The van der Waals surface area contributed by atoms with E-state index in [9.17, 15) is 18.0 Å². The number of pyridine rings is 1. The Labute approximate surface area is 166 Å². The smallest absolute Gasteiger partial charge is 0.417 e. The zero-order valence-electron chi connectivity index (χ0n) is 15.9. The van der Waals surface area contributed by atoms with Gasteiger partial charge in [0, 0.05) is 29.9 Å². The molecule has 3 fully saturated rings. The van der Waals surface area contributed by atoms with E-state index >= 15 is 0 Å². The van der Waals surface area contributed by atoms with Crippen molar-refractivity contribution >= 4 is 5.91 Å². The average Bonchev–Trinajstić information content (AvgIpc) is 2.71. The van der Waals surface area contributed by atoms with E-state index in [1.807, 2.05) is 0 Å². The van der Waals surface area contributed by atoms with E-state index in [-0.39, 0.29) is 17.8 Å². The second kappa shape index (κ2) is 7.67. The molecule has 3 aliphatic heterocycles. The molecule has 5 rings (SSSR count). The molecule has 1 N–H and O–H groups in total. The quantitative estimate of drug-likeness (QED) is 0.832. The number of nitrogens with zero attached hydrogens (tertiary/aromatic N) is 2. The number of alkyl halides is 3. The van der Waals surface area contributed by atoms with Gasteiger partial charge in [0.25, 0.3) is 5.91 Å².